The van der Waals surface area contributed by atoms with Gasteiger partial charge in [0.25, 0.3) is 5.91 Å². The Labute approximate surface area is 126 Å². The number of hydrogen-bond donors (Lipinski definition) is 1. The Morgan fingerprint density at radius 1 is 1.36 bits per heavy atom. The van der Waals surface area contributed by atoms with Crippen molar-refractivity contribution in [2.24, 2.45) is 7.05 Å². The summed E-state index contributed by atoms with van der Waals surface area (Å²) in [4.78, 5) is 31.8. The molecule has 22 heavy (non-hydrogen) atoms. The van der Waals surface area contributed by atoms with Crippen LogP contribution in [0.5, 0.6) is 0 Å². The topological polar surface area (TPSA) is 88.8 Å². The van der Waals surface area contributed by atoms with Crippen LogP contribution < -0.4 is 5.69 Å². The number of carbonyl (C=O) groups is 1. The molecule has 114 valence electrons. The van der Waals surface area contributed by atoms with E-state index in [9.17, 15) is 9.59 Å². The number of likely N-dealkylation sites (N-methyl/N-ethyl adjacent to an activating group) is 1. The molecule has 0 fully saturated rings. The van der Waals surface area contributed by atoms with Crippen LogP contribution in [-0.4, -0.2) is 48.7 Å². The molecule has 0 radical (unpaired) electrons. The van der Waals surface area contributed by atoms with Gasteiger partial charge in [-0.15, -0.1) is 5.10 Å². The molecule has 0 aliphatic rings. The van der Waals surface area contributed by atoms with Gasteiger partial charge in [0, 0.05) is 27.2 Å². The lowest BCUT2D eigenvalue weighted by atomic mass is 10.3. The van der Waals surface area contributed by atoms with Crippen LogP contribution in [0.2, 0.25) is 0 Å². The molecule has 8 heteroatoms. The van der Waals surface area contributed by atoms with Crippen LogP contribution in [0.4, 0.5) is 0 Å². The molecule has 1 amide bonds. The molecule has 0 atom stereocenters. The third-order valence-electron chi connectivity index (χ3n) is 3.52. The lowest BCUT2D eigenvalue weighted by molar-refractivity contribution is 0.0778. The van der Waals surface area contributed by atoms with Crippen molar-refractivity contribution in [3.8, 4) is 0 Å². The van der Waals surface area contributed by atoms with Crippen LogP contribution in [-0.2, 0) is 13.6 Å². The lowest BCUT2D eigenvalue weighted by Gasteiger charge is -2.16. The van der Waals surface area contributed by atoms with E-state index in [2.05, 4.69) is 15.1 Å². The molecular weight excluding hydrogens is 284 g/mol. The van der Waals surface area contributed by atoms with Crippen LogP contribution in [0.25, 0.3) is 11.0 Å². The molecule has 2 aromatic heterocycles. The highest BCUT2D eigenvalue weighted by atomic mass is 16.2. The number of fused-ring (bicyclic) bond motifs is 1. The first-order valence-electron chi connectivity index (χ1n) is 6.85. The number of H-pyrrole nitrogens is 1. The molecule has 3 rings (SSSR count). The Kier molecular flexibility index (Phi) is 3.50. The highest BCUT2D eigenvalue weighted by Crippen LogP contribution is 2.11. The maximum atomic E-state index is 12.2. The molecule has 0 saturated heterocycles. The Hall–Kier alpha value is -2.90. The molecule has 8 nitrogen and oxygen atoms in total. The number of benzene rings is 1. The second-order valence-electron chi connectivity index (χ2n) is 5.06. The van der Waals surface area contributed by atoms with Gasteiger partial charge < -0.3 is 9.47 Å². The van der Waals surface area contributed by atoms with Gasteiger partial charge in [-0.3, -0.25) is 9.78 Å². The summed E-state index contributed by atoms with van der Waals surface area (Å²) in [5.74, 6) is -0.271. The van der Waals surface area contributed by atoms with Gasteiger partial charge in [-0.2, -0.15) is 0 Å². The zero-order chi connectivity index (χ0) is 15.7. The van der Waals surface area contributed by atoms with Crippen molar-refractivity contribution >= 4 is 16.9 Å². The summed E-state index contributed by atoms with van der Waals surface area (Å²) in [6.07, 6.45) is 1.76. The fourth-order valence-corrected chi connectivity index (χ4v) is 2.23. The van der Waals surface area contributed by atoms with E-state index in [-0.39, 0.29) is 11.7 Å². The molecule has 0 aliphatic heterocycles. The molecule has 1 N–H and O–H groups in total. The average molecular weight is 300 g/mol. The summed E-state index contributed by atoms with van der Waals surface area (Å²) in [7, 11) is 3.17. The second kappa shape index (κ2) is 5.47. The minimum Gasteiger partial charge on any atom is -0.337 e. The van der Waals surface area contributed by atoms with Crippen LogP contribution in [0.3, 0.4) is 0 Å². The number of amides is 1. The molecule has 1 aromatic carbocycles. The van der Waals surface area contributed by atoms with Crippen molar-refractivity contribution in [2.75, 3.05) is 13.6 Å². The zero-order valence-corrected chi connectivity index (χ0v) is 12.4. The van der Waals surface area contributed by atoms with Crippen LogP contribution >= 0.6 is 0 Å². The van der Waals surface area contributed by atoms with Crippen molar-refractivity contribution in [3.63, 3.8) is 0 Å². The van der Waals surface area contributed by atoms with E-state index >= 15 is 0 Å². The maximum absolute atomic E-state index is 12.2. The number of nitrogens with zero attached hydrogens (tertiary/aromatic N) is 5. The van der Waals surface area contributed by atoms with Gasteiger partial charge in [0.1, 0.15) is 0 Å². The number of rotatable bonds is 4. The Bertz CT molecular complexity index is 875. The lowest BCUT2D eigenvalue weighted by Crippen LogP contribution is -2.31. The van der Waals surface area contributed by atoms with E-state index in [0.717, 1.165) is 15.7 Å². The molecule has 0 aliphatic carbocycles. The summed E-state index contributed by atoms with van der Waals surface area (Å²) in [5, 5.41) is 3.86. The van der Waals surface area contributed by atoms with Gasteiger partial charge in [-0.1, -0.05) is 12.1 Å². The van der Waals surface area contributed by atoms with Gasteiger partial charge in [0.2, 0.25) is 5.82 Å². The number of para-hydroxylation sites is 2. The fraction of sp³-hybridized carbons (Fsp3) is 0.286. The Morgan fingerprint density at radius 2 is 2.14 bits per heavy atom. The number of aromatic nitrogens is 5. The number of carbonyl (C=O) groups excluding carboxylic acids is 1. The number of hydrogen-bond acceptors (Lipinski definition) is 4. The summed E-state index contributed by atoms with van der Waals surface area (Å²) in [6.45, 7) is 1.09. The molecule has 0 saturated carbocycles. The first-order valence-corrected chi connectivity index (χ1v) is 6.85. The Morgan fingerprint density at radius 3 is 2.86 bits per heavy atom. The first kappa shape index (κ1) is 14.1. The summed E-state index contributed by atoms with van der Waals surface area (Å²) in [6, 6.07) is 7.82. The van der Waals surface area contributed by atoms with Crippen molar-refractivity contribution in [2.45, 2.75) is 6.54 Å². The van der Waals surface area contributed by atoms with Crippen molar-refractivity contribution in [3.05, 3.63) is 46.9 Å². The summed E-state index contributed by atoms with van der Waals surface area (Å²) >= 11 is 0. The van der Waals surface area contributed by atoms with Crippen molar-refractivity contribution in [1.82, 2.24) is 29.2 Å². The highest BCUT2D eigenvalue weighted by Gasteiger charge is 2.16. The monoisotopic (exact) mass is 300 g/mol. The molecular formula is C14H16N6O2. The van der Waals surface area contributed by atoms with Crippen LogP contribution in [0, 0.1) is 0 Å². The van der Waals surface area contributed by atoms with Crippen LogP contribution in [0.15, 0.2) is 35.4 Å². The van der Waals surface area contributed by atoms with E-state index in [4.69, 9.17) is 0 Å². The maximum Gasteiger partial charge on any atom is 0.343 e. The largest absolute Gasteiger partial charge is 0.343 e. The number of aryl methyl sites for hydroxylation is 1. The van der Waals surface area contributed by atoms with Gasteiger partial charge >= 0.3 is 5.69 Å². The zero-order valence-electron chi connectivity index (χ0n) is 12.4. The molecule has 2 heterocycles. The second-order valence-corrected chi connectivity index (χ2v) is 5.06. The predicted octanol–water partition coefficient (Wildman–Crippen LogP) is 0.230. The van der Waals surface area contributed by atoms with Crippen molar-refractivity contribution in [1.29, 1.82) is 0 Å². The third-order valence-corrected chi connectivity index (χ3v) is 3.52. The van der Waals surface area contributed by atoms with E-state index in [1.54, 1.807) is 13.4 Å². The molecule has 3 aromatic rings. The number of nitrogens with one attached hydrogen (secondary N) is 1. The SMILES string of the molecule is CN(CCn1cnc2ccccc21)C(=O)c1nn(C)c(=O)[nH]1. The van der Waals surface area contributed by atoms with Gasteiger partial charge in [0.15, 0.2) is 0 Å². The summed E-state index contributed by atoms with van der Waals surface area (Å²) in [5.41, 5.74) is 1.54. The molecule has 0 bridgehead atoms. The predicted molar refractivity (Wildman–Crippen MR) is 80.5 cm³/mol. The number of aromatic amines is 1. The minimum atomic E-state index is -0.405. The fourth-order valence-electron chi connectivity index (χ4n) is 2.23. The normalized spacial score (nSPS) is 11.0. The third kappa shape index (κ3) is 2.50. The smallest absolute Gasteiger partial charge is 0.337 e. The minimum absolute atomic E-state index is 0.0467. The van der Waals surface area contributed by atoms with E-state index < -0.39 is 5.69 Å². The van der Waals surface area contributed by atoms with Crippen LogP contribution in [0.1, 0.15) is 10.6 Å². The summed E-state index contributed by atoms with van der Waals surface area (Å²) < 4.78 is 3.09. The van der Waals surface area contributed by atoms with Gasteiger partial charge in [-0.05, 0) is 12.1 Å². The van der Waals surface area contributed by atoms with Gasteiger partial charge in [0.05, 0.1) is 17.4 Å². The first-order chi connectivity index (χ1) is 10.6. The van der Waals surface area contributed by atoms with E-state index in [0.29, 0.717) is 13.1 Å². The average Bonchev–Trinajstić information content (AvgIpc) is 3.08. The molecule has 0 unspecified atom stereocenters. The van der Waals surface area contributed by atoms with Gasteiger partial charge in [-0.25, -0.2) is 14.5 Å². The van der Waals surface area contributed by atoms with E-state index in [1.165, 1.54) is 11.9 Å². The highest BCUT2D eigenvalue weighted by molar-refractivity contribution is 5.90. The van der Waals surface area contributed by atoms with Crippen molar-refractivity contribution < 1.29 is 4.79 Å². The number of imidazole rings is 1. The van der Waals surface area contributed by atoms with E-state index in [1.807, 2.05) is 28.8 Å². The standard InChI is InChI=1S/C14H16N6O2/c1-18(13(21)12-16-14(22)19(2)17-12)7-8-20-9-15-10-5-3-4-6-11(10)20/h3-6,9H,7-8H2,1-2H3,(H,16,17,22). The Balaban J connectivity index is 1.70. The quantitative estimate of drug-likeness (QED) is 0.747. The molecule has 0 spiro atoms.